The molecular weight excluding hydrogens is 535 g/mol. The monoisotopic (exact) mass is 556 g/mol. The third-order valence-corrected chi connectivity index (χ3v) is 7.44. The number of hydrogen-bond acceptors (Lipinski definition) is 4. The average Bonchev–Trinajstić information content (AvgIpc) is 3.41. The van der Waals surface area contributed by atoms with Crippen LogP contribution < -0.4 is 15.4 Å². The van der Waals surface area contributed by atoms with Gasteiger partial charge in [-0.15, -0.1) is 0 Å². The Kier molecular flexibility index (Phi) is 6.56. The Hall–Kier alpha value is -2.54. The lowest BCUT2D eigenvalue weighted by Gasteiger charge is -2.29. The van der Waals surface area contributed by atoms with Gasteiger partial charge in [-0.1, -0.05) is 76.4 Å². The molecule has 34 heavy (non-hydrogen) atoms. The van der Waals surface area contributed by atoms with Crippen LogP contribution in [0.4, 0.5) is 11.4 Å². The predicted molar refractivity (Wildman–Crippen MR) is 143 cm³/mol. The summed E-state index contributed by atoms with van der Waals surface area (Å²) >= 11 is 16.3. The lowest BCUT2D eigenvalue weighted by atomic mass is 9.87. The van der Waals surface area contributed by atoms with Crippen LogP contribution in [-0.4, -0.2) is 18.2 Å². The van der Waals surface area contributed by atoms with Crippen LogP contribution in [0.1, 0.15) is 30.5 Å². The number of benzene rings is 3. The standard InChI is InChI=1S/C26H23BrCl2N4O/c1-2-20-24(26(34)31-32-14-13-16-5-3-4-6-22(16)32)30-33(23-12-11-19(28)15-21(23)29)25(20)17-7-9-18(27)10-8-17/h3-12,15,20,25H,2,13-14H2,1H3,(H,31,34)/t20-,25+/m0/s1. The number of halogens is 3. The van der Waals surface area contributed by atoms with E-state index in [-0.39, 0.29) is 17.9 Å². The summed E-state index contributed by atoms with van der Waals surface area (Å²) in [4.78, 5) is 13.6. The van der Waals surface area contributed by atoms with Crippen molar-refractivity contribution in [2.24, 2.45) is 11.0 Å². The highest BCUT2D eigenvalue weighted by molar-refractivity contribution is 9.10. The van der Waals surface area contributed by atoms with Crippen LogP contribution in [0.3, 0.4) is 0 Å². The second-order valence-corrected chi connectivity index (χ2v) is 10.2. The smallest absolute Gasteiger partial charge is 0.285 e. The predicted octanol–water partition coefficient (Wildman–Crippen LogP) is 6.79. The zero-order valence-corrected chi connectivity index (χ0v) is 21.6. The highest BCUT2D eigenvalue weighted by Crippen LogP contribution is 2.44. The molecule has 0 unspecified atom stereocenters. The van der Waals surface area contributed by atoms with Crippen molar-refractivity contribution < 1.29 is 4.79 Å². The van der Waals surface area contributed by atoms with E-state index in [1.807, 2.05) is 46.4 Å². The van der Waals surface area contributed by atoms with Crippen molar-refractivity contribution in [2.75, 3.05) is 16.6 Å². The maximum Gasteiger partial charge on any atom is 0.286 e. The SMILES string of the molecule is CC[C@H]1C(C(=O)NN2CCc3ccccc32)=NN(c2ccc(Cl)cc2Cl)[C@@H]1c1ccc(Br)cc1. The van der Waals surface area contributed by atoms with Crippen LogP contribution in [0.25, 0.3) is 0 Å². The van der Waals surface area contributed by atoms with Gasteiger partial charge >= 0.3 is 0 Å². The van der Waals surface area contributed by atoms with Crippen LogP contribution in [0.15, 0.2) is 76.3 Å². The minimum atomic E-state index is -0.196. The molecule has 0 saturated heterocycles. The topological polar surface area (TPSA) is 47.9 Å². The van der Waals surface area contributed by atoms with E-state index in [4.69, 9.17) is 28.3 Å². The molecule has 0 saturated carbocycles. The Morgan fingerprint density at radius 1 is 1.09 bits per heavy atom. The fourth-order valence-corrected chi connectivity index (χ4v) is 5.50. The van der Waals surface area contributed by atoms with E-state index in [0.717, 1.165) is 35.1 Å². The van der Waals surface area contributed by atoms with E-state index >= 15 is 0 Å². The zero-order chi connectivity index (χ0) is 23.8. The Morgan fingerprint density at radius 2 is 1.85 bits per heavy atom. The second-order valence-electron chi connectivity index (χ2n) is 8.41. The number of nitrogens with one attached hydrogen (secondary N) is 1. The number of hydrogen-bond donors (Lipinski definition) is 1. The molecule has 8 heteroatoms. The minimum Gasteiger partial charge on any atom is -0.285 e. The summed E-state index contributed by atoms with van der Waals surface area (Å²) < 4.78 is 0.991. The molecule has 0 aliphatic carbocycles. The number of carbonyl (C=O) groups is 1. The number of carbonyl (C=O) groups excluding carboxylic acids is 1. The average molecular weight is 558 g/mol. The van der Waals surface area contributed by atoms with E-state index in [9.17, 15) is 4.79 Å². The summed E-state index contributed by atoms with van der Waals surface area (Å²) in [6, 6.07) is 21.4. The molecule has 174 valence electrons. The van der Waals surface area contributed by atoms with Crippen LogP contribution in [0.5, 0.6) is 0 Å². The Morgan fingerprint density at radius 3 is 2.59 bits per heavy atom. The van der Waals surface area contributed by atoms with Crippen LogP contribution >= 0.6 is 39.1 Å². The van der Waals surface area contributed by atoms with Gasteiger partial charge in [0, 0.05) is 22.0 Å². The number of amides is 1. The molecule has 0 aromatic heterocycles. The van der Waals surface area contributed by atoms with Crippen molar-refractivity contribution in [1.82, 2.24) is 5.43 Å². The summed E-state index contributed by atoms with van der Waals surface area (Å²) in [5, 5.41) is 9.67. The van der Waals surface area contributed by atoms with Crippen LogP contribution in [0.2, 0.25) is 10.0 Å². The van der Waals surface area contributed by atoms with Gasteiger partial charge in [-0.3, -0.25) is 20.2 Å². The van der Waals surface area contributed by atoms with Crippen molar-refractivity contribution in [3.8, 4) is 0 Å². The number of para-hydroxylation sites is 1. The van der Waals surface area contributed by atoms with Crippen molar-refractivity contribution in [2.45, 2.75) is 25.8 Å². The zero-order valence-electron chi connectivity index (χ0n) is 18.5. The molecule has 1 N–H and O–H groups in total. The first kappa shape index (κ1) is 23.2. The maximum atomic E-state index is 13.6. The van der Waals surface area contributed by atoms with Crippen molar-refractivity contribution in [3.05, 3.63) is 92.4 Å². The molecule has 3 aromatic carbocycles. The van der Waals surface area contributed by atoms with Gasteiger partial charge < -0.3 is 0 Å². The lowest BCUT2D eigenvalue weighted by molar-refractivity contribution is -0.115. The van der Waals surface area contributed by atoms with Gasteiger partial charge in [0.25, 0.3) is 5.91 Å². The van der Waals surface area contributed by atoms with E-state index < -0.39 is 0 Å². The first-order valence-corrected chi connectivity index (χ1v) is 12.8. The molecule has 3 aromatic rings. The Bertz CT molecular complexity index is 1260. The van der Waals surface area contributed by atoms with Crippen molar-refractivity contribution in [1.29, 1.82) is 0 Å². The van der Waals surface area contributed by atoms with Crippen LogP contribution in [0, 0.1) is 5.92 Å². The molecule has 2 aliphatic rings. The third-order valence-electron chi connectivity index (χ3n) is 6.38. The molecule has 0 spiro atoms. The summed E-state index contributed by atoms with van der Waals surface area (Å²) in [6.07, 6.45) is 1.64. The minimum absolute atomic E-state index is 0.120. The molecule has 0 radical (unpaired) electrons. The second kappa shape index (κ2) is 9.61. The fourth-order valence-electron chi connectivity index (χ4n) is 4.74. The highest BCUT2D eigenvalue weighted by atomic mass is 79.9. The molecule has 1 amide bonds. The van der Waals surface area contributed by atoms with Gasteiger partial charge in [0.2, 0.25) is 0 Å². The number of hydrazine groups is 1. The Balaban J connectivity index is 1.52. The Labute approximate surface area is 217 Å². The maximum absolute atomic E-state index is 13.6. The van der Waals surface area contributed by atoms with Gasteiger partial charge in [0.15, 0.2) is 0 Å². The first-order chi connectivity index (χ1) is 16.5. The van der Waals surface area contributed by atoms with Gasteiger partial charge in [0.05, 0.1) is 22.4 Å². The summed E-state index contributed by atoms with van der Waals surface area (Å²) in [6.45, 7) is 2.81. The normalized spacial score (nSPS) is 19.2. The van der Waals surface area contributed by atoms with E-state index in [1.165, 1.54) is 5.56 Å². The quantitative estimate of drug-likeness (QED) is 0.375. The summed E-state index contributed by atoms with van der Waals surface area (Å²) in [5.74, 6) is -0.316. The molecule has 5 rings (SSSR count). The summed E-state index contributed by atoms with van der Waals surface area (Å²) in [5.41, 5.74) is 7.61. The van der Waals surface area contributed by atoms with Gasteiger partial charge in [-0.05, 0) is 60.4 Å². The number of hydrazone groups is 1. The number of fused-ring (bicyclic) bond motifs is 1. The lowest BCUT2D eigenvalue weighted by Crippen LogP contribution is -2.46. The molecule has 2 atom stereocenters. The van der Waals surface area contributed by atoms with Crippen LogP contribution in [-0.2, 0) is 11.2 Å². The largest absolute Gasteiger partial charge is 0.286 e. The number of rotatable bonds is 5. The van der Waals surface area contributed by atoms with E-state index in [2.05, 4.69) is 46.5 Å². The van der Waals surface area contributed by atoms with Gasteiger partial charge in [-0.2, -0.15) is 5.10 Å². The van der Waals surface area contributed by atoms with Gasteiger partial charge in [0.1, 0.15) is 5.71 Å². The third kappa shape index (κ3) is 4.30. The van der Waals surface area contributed by atoms with Crippen molar-refractivity contribution in [3.63, 3.8) is 0 Å². The molecule has 0 bridgehead atoms. The molecule has 2 aliphatic heterocycles. The highest BCUT2D eigenvalue weighted by Gasteiger charge is 2.42. The molecule has 5 nitrogen and oxygen atoms in total. The number of nitrogens with zero attached hydrogens (tertiary/aromatic N) is 3. The molecular formula is C26H23BrCl2N4O. The van der Waals surface area contributed by atoms with E-state index in [1.54, 1.807) is 12.1 Å². The molecule has 0 fully saturated rings. The molecule has 2 heterocycles. The van der Waals surface area contributed by atoms with Crippen molar-refractivity contribution >= 4 is 62.1 Å². The fraction of sp³-hybridized carbons (Fsp3) is 0.231. The summed E-state index contributed by atoms with van der Waals surface area (Å²) in [7, 11) is 0. The van der Waals surface area contributed by atoms with E-state index in [0.29, 0.717) is 21.4 Å². The first-order valence-electron chi connectivity index (χ1n) is 11.2. The number of anilines is 2. The van der Waals surface area contributed by atoms with Gasteiger partial charge in [-0.25, -0.2) is 0 Å².